The standard InChI is InChI=1S/C10H17BrN2S/c1-8-6-9(14-10(8)11)7-13(3)5-4-12-2/h6,12H,4-5,7H2,1-3H3. The number of thiophene rings is 1. The van der Waals surface area contributed by atoms with Crippen molar-refractivity contribution < 1.29 is 0 Å². The molecular weight excluding hydrogens is 260 g/mol. The van der Waals surface area contributed by atoms with Crippen molar-refractivity contribution in [3.63, 3.8) is 0 Å². The van der Waals surface area contributed by atoms with Gasteiger partial charge in [0.1, 0.15) is 0 Å². The molecule has 1 N–H and O–H groups in total. The van der Waals surface area contributed by atoms with Crippen LogP contribution in [0.4, 0.5) is 0 Å². The van der Waals surface area contributed by atoms with E-state index in [4.69, 9.17) is 0 Å². The molecule has 0 radical (unpaired) electrons. The summed E-state index contributed by atoms with van der Waals surface area (Å²) in [5.74, 6) is 0. The molecule has 0 fully saturated rings. The predicted molar refractivity (Wildman–Crippen MR) is 67.0 cm³/mol. The van der Waals surface area contributed by atoms with Gasteiger partial charge in [-0.1, -0.05) is 0 Å². The molecule has 14 heavy (non-hydrogen) atoms. The quantitative estimate of drug-likeness (QED) is 0.889. The van der Waals surface area contributed by atoms with Gasteiger partial charge in [0.15, 0.2) is 0 Å². The van der Waals surface area contributed by atoms with E-state index < -0.39 is 0 Å². The first kappa shape index (κ1) is 12.2. The van der Waals surface area contributed by atoms with E-state index in [0.29, 0.717) is 0 Å². The molecule has 1 rings (SSSR count). The Hall–Kier alpha value is 0.1000. The minimum atomic E-state index is 1.04. The molecule has 0 unspecified atom stereocenters. The molecule has 0 bridgehead atoms. The van der Waals surface area contributed by atoms with E-state index in [9.17, 15) is 0 Å². The lowest BCUT2D eigenvalue weighted by atomic mass is 10.3. The highest BCUT2D eigenvalue weighted by atomic mass is 79.9. The lowest BCUT2D eigenvalue weighted by Crippen LogP contribution is -2.26. The molecule has 0 atom stereocenters. The molecule has 0 spiro atoms. The molecule has 0 aliphatic carbocycles. The highest BCUT2D eigenvalue weighted by molar-refractivity contribution is 9.11. The maximum absolute atomic E-state index is 3.55. The molecule has 0 amide bonds. The summed E-state index contributed by atoms with van der Waals surface area (Å²) >= 11 is 5.38. The van der Waals surface area contributed by atoms with E-state index in [1.807, 2.05) is 18.4 Å². The van der Waals surface area contributed by atoms with Crippen molar-refractivity contribution in [2.45, 2.75) is 13.5 Å². The van der Waals surface area contributed by atoms with Gasteiger partial charge in [-0.2, -0.15) is 0 Å². The largest absolute Gasteiger partial charge is 0.318 e. The Balaban J connectivity index is 2.43. The van der Waals surface area contributed by atoms with Crippen LogP contribution in [0, 0.1) is 6.92 Å². The average Bonchev–Trinajstić information content (AvgIpc) is 2.42. The summed E-state index contributed by atoms with van der Waals surface area (Å²) in [6, 6.07) is 2.25. The van der Waals surface area contributed by atoms with Gasteiger partial charge in [0.05, 0.1) is 3.79 Å². The summed E-state index contributed by atoms with van der Waals surface area (Å²) in [6.45, 7) is 5.31. The molecule has 4 heteroatoms. The number of aryl methyl sites for hydroxylation is 1. The van der Waals surface area contributed by atoms with Crippen molar-refractivity contribution in [3.05, 3.63) is 20.3 Å². The highest BCUT2D eigenvalue weighted by Gasteiger charge is 2.05. The summed E-state index contributed by atoms with van der Waals surface area (Å²) in [5, 5.41) is 3.15. The first-order valence-corrected chi connectivity index (χ1v) is 6.32. The number of hydrogen-bond donors (Lipinski definition) is 1. The number of halogens is 1. The van der Waals surface area contributed by atoms with Gasteiger partial charge in [0.2, 0.25) is 0 Å². The summed E-state index contributed by atoms with van der Waals surface area (Å²) < 4.78 is 1.26. The second-order valence-corrected chi connectivity index (χ2v) is 5.97. The summed E-state index contributed by atoms with van der Waals surface area (Å²) in [5.41, 5.74) is 1.34. The first-order valence-electron chi connectivity index (χ1n) is 4.71. The topological polar surface area (TPSA) is 15.3 Å². The molecule has 1 aromatic heterocycles. The Morgan fingerprint density at radius 1 is 1.57 bits per heavy atom. The normalized spacial score (nSPS) is 11.2. The van der Waals surface area contributed by atoms with Crippen molar-refractivity contribution in [1.82, 2.24) is 10.2 Å². The number of nitrogens with one attached hydrogen (secondary N) is 1. The molecule has 1 aromatic rings. The molecule has 0 aliphatic rings. The summed E-state index contributed by atoms with van der Waals surface area (Å²) in [4.78, 5) is 3.75. The fourth-order valence-corrected chi connectivity index (χ4v) is 2.96. The van der Waals surface area contributed by atoms with E-state index in [0.717, 1.165) is 19.6 Å². The molecule has 2 nitrogen and oxygen atoms in total. The smallest absolute Gasteiger partial charge is 0.0730 e. The van der Waals surface area contributed by atoms with Crippen molar-refractivity contribution >= 4 is 27.3 Å². The van der Waals surface area contributed by atoms with Gasteiger partial charge in [0, 0.05) is 24.5 Å². The molecular formula is C10H17BrN2S. The molecule has 0 saturated carbocycles. The second kappa shape index (κ2) is 5.85. The zero-order valence-electron chi connectivity index (χ0n) is 8.93. The van der Waals surface area contributed by atoms with Crippen molar-refractivity contribution in [1.29, 1.82) is 0 Å². The van der Waals surface area contributed by atoms with Crippen molar-refractivity contribution in [3.8, 4) is 0 Å². The first-order chi connectivity index (χ1) is 6.63. The van der Waals surface area contributed by atoms with E-state index in [1.54, 1.807) is 0 Å². The monoisotopic (exact) mass is 276 g/mol. The van der Waals surface area contributed by atoms with Crippen LogP contribution in [0.1, 0.15) is 10.4 Å². The zero-order valence-corrected chi connectivity index (χ0v) is 11.3. The van der Waals surface area contributed by atoms with Gasteiger partial charge in [-0.05, 0) is 48.6 Å². The Morgan fingerprint density at radius 3 is 2.79 bits per heavy atom. The van der Waals surface area contributed by atoms with Crippen LogP contribution >= 0.6 is 27.3 Å². The zero-order chi connectivity index (χ0) is 10.6. The van der Waals surface area contributed by atoms with Crippen molar-refractivity contribution in [2.24, 2.45) is 0 Å². The minimum Gasteiger partial charge on any atom is -0.318 e. The number of rotatable bonds is 5. The van der Waals surface area contributed by atoms with Crippen LogP contribution in [0.25, 0.3) is 0 Å². The SMILES string of the molecule is CNCCN(C)Cc1cc(C)c(Br)s1. The van der Waals surface area contributed by atoms with Gasteiger partial charge in [-0.3, -0.25) is 0 Å². The Kier molecular flexibility index (Phi) is 5.09. The molecule has 0 aliphatic heterocycles. The Labute approximate surface area is 98.4 Å². The average molecular weight is 277 g/mol. The van der Waals surface area contributed by atoms with Crippen LogP contribution in [0.15, 0.2) is 9.85 Å². The molecule has 80 valence electrons. The Morgan fingerprint density at radius 2 is 2.29 bits per heavy atom. The molecule has 0 saturated heterocycles. The third kappa shape index (κ3) is 3.69. The molecule has 1 heterocycles. The minimum absolute atomic E-state index is 1.04. The second-order valence-electron chi connectivity index (χ2n) is 3.51. The third-order valence-electron chi connectivity index (χ3n) is 2.08. The van der Waals surface area contributed by atoms with Crippen LogP contribution in [0.5, 0.6) is 0 Å². The number of nitrogens with zero attached hydrogens (tertiary/aromatic N) is 1. The van der Waals surface area contributed by atoms with Gasteiger partial charge in [-0.25, -0.2) is 0 Å². The predicted octanol–water partition coefficient (Wildman–Crippen LogP) is 2.47. The summed E-state index contributed by atoms with van der Waals surface area (Å²) in [6.07, 6.45) is 0. The van der Waals surface area contributed by atoms with Crippen LogP contribution in [-0.2, 0) is 6.54 Å². The van der Waals surface area contributed by atoms with Gasteiger partial charge in [-0.15, -0.1) is 11.3 Å². The summed E-state index contributed by atoms with van der Waals surface area (Å²) in [7, 11) is 4.14. The highest BCUT2D eigenvalue weighted by Crippen LogP contribution is 2.27. The maximum Gasteiger partial charge on any atom is 0.0730 e. The van der Waals surface area contributed by atoms with E-state index >= 15 is 0 Å². The van der Waals surface area contributed by atoms with E-state index in [-0.39, 0.29) is 0 Å². The van der Waals surface area contributed by atoms with Crippen LogP contribution in [-0.4, -0.2) is 32.1 Å². The van der Waals surface area contributed by atoms with Gasteiger partial charge in [0.25, 0.3) is 0 Å². The van der Waals surface area contributed by atoms with Gasteiger partial charge >= 0.3 is 0 Å². The third-order valence-corrected chi connectivity index (χ3v) is 4.20. The maximum atomic E-state index is 3.55. The fourth-order valence-electron chi connectivity index (χ4n) is 1.25. The van der Waals surface area contributed by atoms with E-state index in [2.05, 4.69) is 46.2 Å². The lowest BCUT2D eigenvalue weighted by molar-refractivity contribution is 0.331. The number of hydrogen-bond acceptors (Lipinski definition) is 3. The van der Waals surface area contributed by atoms with Crippen LogP contribution in [0.2, 0.25) is 0 Å². The molecule has 0 aromatic carbocycles. The van der Waals surface area contributed by atoms with Crippen LogP contribution in [0.3, 0.4) is 0 Å². The van der Waals surface area contributed by atoms with E-state index in [1.165, 1.54) is 14.2 Å². The Bertz CT molecular complexity index is 266. The van der Waals surface area contributed by atoms with Crippen molar-refractivity contribution in [2.75, 3.05) is 27.2 Å². The number of likely N-dealkylation sites (N-methyl/N-ethyl adjacent to an activating group) is 2. The fraction of sp³-hybridized carbons (Fsp3) is 0.600. The van der Waals surface area contributed by atoms with Gasteiger partial charge < -0.3 is 10.2 Å². The lowest BCUT2D eigenvalue weighted by Gasteiger charge is -2.14. The van der Waals surface area contributed by atoms with Crippen LogP contribution < -0.4 is 5.32 Å².